The van der Waals surface area contributed by atoms with Crippen molar-refractivity contribution in [3.05, 3.63) is 55.7 Å². The van der Waals surface area contributed by atoms with Gasteiger partial charge in [-0.15, -0.1) is 0 Å². The molecule has 36 heavy (non-hydrogen) atoms. The summed E-state index contributed by atoms with van der Waals surface area (Å²) in [6.45, 7) is 4.26. The second kappa shape index (κ2) is 8.70. The first-order chi connectivity index (χ1) is 17.5. The third-order valence-corrected chi connectivity index (χ3v) is 9.25. The molecule has 0 bridgehead atoms. The molecule has 8 heteroatoms. The number of benzene rings is 2. The van der Waals surface area contributed by atoms with Crippen molar-refractivity contribution >= 4 is 34.6 Å². The van der Waals surface area contributed by atoms with Crippen LogP contribution in [0.15, 0.2) is 44.2 Å². The summed E-state index contributed by atoms with van der Waals surface area (Å²) in [5, 5.41) is 5.40. The van der Waals surface area contributed by atoms with Gasteiger partial charge in [0, 0.05) is 26.2 Å². The van der Waals surface area contributed by atoms with Crippen LogP contribution in [-0.2, 0) is 0 Å². The largest absolute Gasteiger partial charge is 0.370 e. The highest BCUT2D eigenvalue weighted by Gasteiger charge is 2.45. The lowest BCUT2D eigenvalue weighted by Crippen LogP contribution is -2.38. The Labute approximate surface area is 221 Å². The molecule has 1 saturated carbocycles. The van der Waals surface area contributed by atoms with Gasteiger partial charge < -0.3 is 9.80 Å². The fraction of sp³-hybridized carbons (Fsp3) is 0.571. The number of anilines is 2. The lowest BCUT2D eigenvalue weighted by atomic mass is 9.83. The Balaban J connectivity index is 1.15. The molecule has 188 valence electrons. The maximum absolute atomic E-state index is 6.71. The number of piperidine rings is 2. The highest BCUT2D eigenvalue weighted by Crippen LogP contribution is 2.42. The van der Waals surface area contributed by atoms with E-state index in [1.807, 2.05) is 12.1 Å². The lowest BCUT2D eigenvalue weighted by Gasteiger charge is -2.36. The molecular formula is C28H32Cl2N6. The zero-order valence-corrected chi connectivity index (χ0v) is 22.2. The van der Waals surface area contributed by atoms with Gasteiger partial charge in [-0.1, -0.05) is 23.2 Å². The Hall–Kier alpha value is -2.18. The third kappa shape index (κ3) is 3.92. The zero-order chi connectivity index (χ0) is 24.3. The Morgan fingerprint density at radius 1 is 0.500 bits per heavy atom. The minimum absolute atomic E-state index is 0.409. The third-order valence-electron chi connectivity index (χ3n) is 8.65. The quantitative estimate of drug-likeness (QED) is 0.594. The van der Waals surface area contributed by atoms with Crippen molar-refractivity contribution in [2.45, 2.75) is 75.5 Å². The minimum Gasteiger partial charge on any atom is -0.370 e. The van der Waals surface area contributed by atoms with Gasteiger partial charge in [-0.2, -0.15) is 0 Å². The van der Waals surface area contributed by atoms with Crippen LogP contribution in [0.1, 0.15) is 64.2 Å². The van der Waals surface area contributed by atoms with E-state index in [1.165, 1.54) is 38.5 Å². The van der Waals surface area contributed by atoms with Crippen LogP contribution in [-0.4, -0.2) is 37.5 Å². The van der Waals surface area contributed by atoms with E-state index in [-0.39, 0.29) is 0 Å². The number of fused-ring (bicyclic) bond motifs is 2. The minimum atomic E-state index is -0.409. The molecule has 4 heterocycles. The summed E-state index contributed by atoms with van der Waals surface area (Å²) in [5.74, 6) is 0. The van der Waals surface area contributed by atoms with E-state index in [0.717, 1.165) is 94.7 Å². The summed E-state index contributed by atoms with van der Waals surface area (Å²) in [6.07, 6.45) is 10.9. The summed E-state index contributed by atoms with van der Waals surface area (Å²) in [7, 11) is 0. The van der Waals surface area contributed by atoms with Crippen LogP contribution in [0.3, 0.4) is 0 Å². The molecule has 6 nitrogen and oxygen atoms in total. The van der Waals surface area contributed by atoms with E-state index in [4.69, 9.17) is 43.2 Å². The molecule has 2 saturated heterocycles. The smallest absolute Gasteiger partial charge is 0.151 e. The van der Waals surface area contributed by atoms with E-state index < -0.39 is 11.3 Å². The summed E-state index contributed by atoms with van der Waals surface area (Å²) in [6, 6.07) is 8.37. The first-order valence-electron chi connectivity index (χ1n) is 13.6. The van der Waals surface area contributed by atoms with Gasteiger partial charge in [0.15, 0.2) is 11.3 Å². The molecule has 0 aromatic heterocycles. The van der Waals surface area contributed by atoms with E-state index in [9.17, 15) is 0 Å². The molecule has 2 aromatic carbocycles. The average molecular weight is 524 g/mol. The van der Waals surface area contributed by atoms with E-state index >= 15 is 0 Å². The first-order valence-corrected chi connectivity index (χ1v) is 14.4. The van der Waals surface area contributed by atoms with Gasteiger partial charge in [0.05, 0.1) is 42.8 Å². The summed E-state index contributed by atoms with van der Waals surface area (Å²) < 4.78 is 0. The molecular weight excluding hydrogens is 491 g/mol. The topological polar surface area (TPSA) is 55.9 Å². The van der Waals surface area contributed by atoms with E-state index in [0.29, 0.717) is 0 Å². The maximum atomic E-state index is 6.71. The normalized spacial score (nSPS) is 28.8. The molecule has 2 spiro atoms. The molecule has 2 aromatic rings. The number of halogens is 2. The number of rotatable bonds is 2. The Bertz CT molecular complexity index is 1340. The molecule has 4 aliphatic heterocycles. The van der Waals surface area contributed by atoms with Crippen LogP contribution in [0.4, 0.5) is 11.4 Å². The van der Waals surface area contributed by atoms with Gasteiger partial charge >= 0.3 is 0 Å². The van der Waals surface area contributed by atoms with Crippen molar-refractivity contribution in [3.63, 3.8) is 0 Å². The van der Waals surface area contributed by atoms with Crippen molar-refractivity contribution in [2.75, 3.05) is 36.0 Å². The standard InChI is InChI=1S/C28H32Cl2N6/c29-19-15-21-23(17-25(19)35-11-3-1-4-12-35)33-27(31-21)7-9-28(10-8-27)32-22-16-20(30)26(18-24(22)34-28)36-13-5-2-6-14-36/h15-18H,1-14H2. The SMILES string of the molecule is Clc1cc2c(cc1N1CCCCC1)=NC1(CCC3(CC1)N=c1cc(Cl)c(N4CCCCC4)cc1=N3)N=2. The molecule has 1 aliphatic carbocycles. The van der Waals surface area contributed by atoms with Gasteiger partial charge in [-0.25, -0.2) is 0 Å². The van der Waals surface area contributed by atoms with Crippen LogP contribution in [0.2, 0.25) is 10.0 Å². The van der Waals surface area contributed by atoms with Crippen LogP contribution >= 0.6 is 23.2 Å². The molecule has 5 aliphatic rings. The van der Waals surface area contributed by atoms with Gasteiger partial charge in [-0.3, -0.25) is 20.0 Å². The monoisotopic (exact) mass is 522 g/mol. The second-order valence-electron chi connectivity index (χ2n) is 11.1. The van der Waals surface area contributed by atoms with Gasteiger partial charge in [0.2, 0.25) is 0 Å². The number of hydrogen-bond acceptors (Lipinski definition) is 6. The summed E-state index contributed by atoms with van der Waals surface area (Å²) in [5.41, 5.74) is 1.40. The first kappa shape index (κ1) is 23.0. The highest BCUT2D eigenvalue weighted by atomic mass is 35.5. The molecule has 0 N–H and O–H groups in total. The zero-order valence-electron chi connectivity index (χ0n) is 20.6. The van der Waals surface area contributed by atoms with Crippen LogP contribution in [0, 0.1) is 0 Å². The molecule has 7 rings (SSSR count). The summed E-state index contributed by atoms with van der Waals surface area (Å²) in [4.78, 5) is 25.3. The predicted molar refractivity (Wildman–Crippen MR) is 144 cm³/mol. The predicted octanol–water partition coefficient (Wildman–Crippen LogP) is 4.15. The van der Waals surface area contributed by atoms with Gasteiger partial charge in [-0.05, 0) is 88.5 Å². The van der Waals surface area contributed by atoms with Crippen molar-refractivity contribution in [3.8, 4) is 0 Å². The van der Waals surface area contributed by atoms with Gasteiger partial charge in [0.25, 0.3) is 0 Å². The fourth-order valence-electron chi connectivity index (χ4n) is 6.64. The van der Waals surface area contributed by atoms with Gasteiger partial charge in [0.1, 0.15) is 0 Å². The van der Waals surface area contributed by atoms with E-state index in [2.05, 4.69) is 21.9 Å². The summed E-state index contributed by atoms with van der Waals surface area (Å²) >= 11 is 13.4. The average Bonchev–Trinajstić information content (AvgIpc) is 3.43. The Morgan fingerprint density at radius 2 is 0.833 bits per heavy atom. The van der Waals surface area contributed by atoms with Crippen molar-refractivity contribution in [1.29, 1.82) is 0 Å². The van der Waals surface area contributed by atoms with Crippen molar-refractivity contribution in [1.82, 2.24) is 0 Å². The number of nitrogens with zero attached hydrogens (tertiary/aromatic N) is 6. The van der Waals surface area contributed by atoms with Crippen LogP contribution < -0.4 is 31.2 Å². The number of hydrogen-bond donors (Lipinski definition) is 0. The van der Waals surface area contributed by atoms with Crippen molar-refractivity contribution < 1.29 is 0 Å². The Kier molecular flexibility index (Phi) is 5.55. The molecule has 0 amide bonds. The van der Waals surface area contributed by atoms with Crippen LogP contribution in [0.5, 0.6) is 0 Å². The highest BCUT2D eigenvalue weighted by molar-refractivity contribution is 6.33. The van der Waals surface area contributed by atoms with E-state index in [1.54, 1.807) is 0 Å². The lowest BCUT2D eigenvalue weighted by molar-refractivity contribution is 0.215. The molecule has 3 fully saturated rings. The molecule has 0 radical (unpaired) electrons. The molecule has 0 unspecified atom stereocenters. The van der Waals surface area contributed by atoms with Crippen molar-refractivity contribution in [2.24, 2.45) is 20.0 Å². The fourth-order valence-corrected chi connectivity index (χ4v) is 7.19. The Morgan fingerprint density at radius 3 is 1.19 bits per heavy atom. The maximum Gasteiger partial charge on any atom is 0.151 e. The van der Waals surface area contributed by atoms with Crippen LogP contribution in [0.25, 0.3) is 0 Å². The second-order valence-corrected chi connectivity index (χ2v) is 11.9. The molecule has 0 atom stereocenters.